The SMILES string of the molecule is c1ccc(-c2nnc(-c3ccccc3)n2-c2ccc3c4ccccc4n(-c4cccc(-c5ccccc5-n5c6ccccc6c6cc7c(cc65)oc5ccccc57)c4)c3c2)cc1. The predicted molar refractivity (Wildman–Crippen MR) is 254 cm³/mol. The molecule has 0 spiro atoms. The number of benzene rings is 9. The van der Waals surface area contributed by atoms with Crippen molar-refractivity contribution in [3.05, 3.63) is 212 Å². The standard InChI is InChI=1S/C56H35N5O/c1-3-16-36(17-4-1)55-57-58-56(37-18-5-2-6-19-37)60(55)40-30-31-44-42-23-8-12-27-49(42)59(51(44)33-40)39-21-15-20-38(32-39)41-22-7-11-26-48(41)61-50-28-13-9-24-43(50)46-34-47-45-25-10-14-29-53(45)62-54(47)35-52(46)61/h1-35H. The summed E-state index contributed by atoms with van der Waals surface area (Å²) in [5.74, 6) is 1.58. The van der Waals surface area contributed by atoms with Gasteiger partial charge in [-0.2, -0.15) is 0 Å². The van der Waals surface area contributed by atoms with Gasteiger partial charge in [-0.3, -0.25) is 4.57 Å². The topological polar surface area (TPSA) is 53.7 Å². The number of furan rings is 1. The zero-order chi connectivity index (χ0) is 40.7. The monoisotopic (exact) mass is 793 g/mol. The highest BCUT2D eigenvalue weighted by atomic mass is 16.3. The first-order valence-electron chi connectivity index (χ1n) is 20.9. The van der Waals surface area contributed by atoms with Crippen molar-refractivity contribution < 1.29 is 4.42 Å². The number of aromatic nitrogens is 5. The molecule has 0 bridgehead atoms. The van der Waals surface area contributed by atoms with Crippen LogP contribution in [0.2, 0.25) is 0 Å². The number of hydrogen-bond acceptors (Lipinski definition) is 3. The summed E-state index contributed by atoms with van der Waals surface area (Å²) >= 11 is 0. The lowest BCUT2D eigenvalue weighted by molar-refractivity contribution is 0.669. The lowest BCUT2D eigenvalue weighted by atomic mass is 10.0. The average Bonchev–Trinajstić information content (AvgIpc) is 4.11. The van der Waals surface area contributed by atoms with E-state index in [-0.39, 0.29) is 0 Å². The minimum Gasteiger partial charge on any atom is -0.456 e. The van der Waals surface area contributed by atoms with Gasteiger partial charge >= 0.3 is 0 Å². The van der Waals surface area contributed by atoms with Crippen LogP contribution < -0.4 is 0 Å². The molecule has 62 heavy (non-hydrogen) atoms. The van der Waals surface area contributed by atoms with Crippen molar-refractivity contribution in [3.63, 3.8) is 0 Å². The van der Waals surface area contributed by atoms with Crippen molar-refractivity contribution in [2.45, 2.75) is 0 Å². The number of para-hydroxylation sites is 4. The van der Waals surface area contributed by atoms with Crippen molar-refractivity contribution in [1.82, 2.24) is 23.9 Å². The van der Waals surface area contributed by atoms with Gasteiger partial charge in [0.1, 0.15) is 11.2 Å². The summed E-state index contributed by atoms with van der Waals surface area (Å²) in [7, 11) is 0. The van der Waals surface area contributed by atoms with Crippen LogP contribution in [0.25, 0.3) is 117 Å². The van der Waals surface area contributed by atoms with Gasteiger partial charge in [0.25, 0.3) is 0 Å². The minimum absolute atomic E-state index is 0.788. The summed E-state index contributed by atoms with van der Waals surface area (Å²) < 4.78 is 13.4. The second-order valence-corrected chi connectivity index (χ2v) is 15.9. The van der Waals surface area contributed by atoms with Gasteiger partial charge in [-0.25, -0.2) is 0 Å². The summed E-state index contributed by atoms with van der Waals surface area (Å²) in [5.41, 5.74) is 13.7. The van der Waals surface area contributed by atoms with E-state index in [2.05, 4.69) is 177 Å². The molecular formula is C56H35N5O. The number of nitrogens with zero attached hydrogens (tertiary/aromatic N) is 5. The van der Waals surface area contributed by atoms with Gasteiger partial charge in [-0.15, -0.1) is 10.2 Å². The van der Waals surface area contributed by atoms with Crippen LogP contribution in [0.5, 0.6) is 0 Å². The summed E-state index contributed by atoms with van der Waals surface area (Å²) in [6, 6.07) is 75.2. The fraction of sp³-hybridized carbons (Fsp3) is 0. The van der Waals surface area contributed by atoms with Crippen LogP contribution in [-0.4, -0.2) is 23.9 Å². The fourth-order valence-electron chi connectivity index (χ4n) is 9.63. The molecule has 0 radical (unpaired) electrons. The van der Waals surface area contributed by atoms with Crippen molar-refractivity contribution in [2.24, 2.45) is 0 Å². The molecule has 0 atom stereocenters. The second kappa shape index (κ2) is 13.5. The van der Waals surface area contributed by atoms with Crippen molar-refractivity contribution in [3.8, 4) is 51.0 Å². The Bertz CT molecular complexity index is 3810. The smallest absolute Gasteiger partial charge is 0.168 e. The first kappa shape index (κ1) is 34.4. The molecule has 0 aliphatic carbocycles. The Balaban J connectivity index is 1.01. The van der Waals surface area contributed by atoms with Gasteiger partial charge in [-0.05, 0) is 60.2 Å². The van der Waals surface area contributed by atoms with Crippen LogP contribution in [0.3, 0.4) is 0 Å². The number of hydrogen-bond donors (Lipinski definition) is 0. The molecule has 290 valence electrons. The van der Waals surface area contributed by atoms with E-state index in [1.807, 2.05) is 48.5 Å². The number of fused-ring (bicyclic) bond motifs is 9. The largest absolute Gasteiger partial charge is 0.456 e. The Kier molecular flexibility index (Phi) is 7.50. The summed E-state index contributed by atoms with van der Waals surface area (Å²) in [4.78, 5) is 0. The lowest BCUT2D eigenvalue weighted by Crippen LogP contribution is -2.01. The van der Waals surface area contributed by atoms with E-state index in [9.17, 15) is 0 Å². The van der Waals surface area contributed by atoms with Crippen LogP contribution in [0.15, 0.2) is 217 Å². The van der Waals surface area contributed by atoms with E-state index in [1.54, 1.807) is 0 Å². The van der Waals surface area contributed by atoms with E-state index in [4.69, 9.17) is 14.6 Å². The maximum atomic E-state index is 6.46. The highest BCUT2D eigenvalue weighted by Crippen LogP contribution is 2.41. The molecule has 4 aromatic heterocycles. The molecule has 0 aliphatic heterocycles. The normalized spacial score (nSPS) is 11.9. The Morgan fingerprint density at radius 2 is 0.871 bits per heavy atom. The minimum atomic E-state index is 0.788. The fourth-order valence-corrected chi connectivity index (χ4v) is 9.63. The molecule has 4 heterocycles. The van der Waals surface area contributed by atoms with Crippen molar-refractivity contribution in [1.29, 1.82) is 0 Å². The first-order valence-corrected chi connectivity index (χ1v) is 20.9. The highest BCUT2D eigenvalue weighted by molar-refractivity contribution is 6.17. The zero-order valence-electron chi connectivity index (χ0n) is 33.4. The predicted octanol–water partition coefficient (Wildman–Crippen LogP) is 14.4. The second-order valence-electron chi connectivity index (χ2n) is 15.9. The molecule has 13 aromatic rings. The molecule has 0 saturated heterocycles. The highest BCUT2D eigenvalue weighted by Gasteiger charge is 2.22. The molecular weight excluding hydrogens is 759 g/mol. The third-order valence-electron chi connectivity index (χ3n) is 12.4. The quantitative estimate of drug-likeness (QED) is 0.168. The maximum absolute atomic E-state index is 6.46. The Labute approximate surface area is 355 Å². The van der Waals surface area contributed by atoms with E-state index >= 15 is 0 Å². The van der Waals surface area contributed by atoms with E-state index in [1.165, 1.54) is 21.5 Å². The van der Waals surface area contributed by atoms with Gasteiger partial charge in [0.2, 0.25) is 0 Å². The van der Waals surface area contributed by atoms with Crippen LogP contribution in [-0.2, 0) is 0 Å². The molecule has 0 N–H and O–H groups in total. The van der Waals surface area contributed by atoms with Crippen molar-refractivity contribution >= 4 is 65.6 Å². The zero-order valence-corrected chi connectivity index (χ0v) is 33.4. The third kappa shape index (κ3) is 5.17. The first-order chi connectivity index (χ1) is 30.8. The summed E-state index contributed by atoms with van der Waals surface area (Å²) in [6.45, 7) is 0. The summed E-state index contributed by atoms with van der Waals surface area (Å²) in [5, 5.41) is 16.6. The van der Waals surface area contributed by atoms with Gasteiger partial charge in [0, 0.05) is 60.8 Å². The Morgan fingerprint density at radius 3 is 1.63 bits per heavy atom. The molecule has 0 unspecified atom stereocenters. The van der Waals surface area contributed by atoms with E-state index in [0.29, 0.717) is 0 Å². The summed E-state index contributed by atoms with van der Waals surface area (Å²) in [6.07, 6.45) is 0. The van der Waals surface area contributed by atoms with Crippen molar-refractivity contribution in [2.75, 3.05) is 0 Å². The molecule has 0 aliphatic rings. The van der Waals surface area contributed by atoms with Crippen LogP contribution in [0.1, 0.15) is 0 Å². The van der Waals surface area contributed by atoms with Crippen LogP contribution in [0, 0.1) is 0 Å². The van der Waals surface area contributed by atoms with Gasteiger partial charge < -0.3 is 13.6 Å². The molecule has 13 rings (SSSR count). The maximum Gasteiger partial charge on any atom is 0.168 e. The Hall–Kier alpha value is -8.48. The van der Waals surface area contributed by atoms with E-state index < -0.39 is 0 Å². The average molecular weight is 794 g/mol. The third-order valence-corrected chi connectivity index (χ3v) is 12.4. The van der Waals surface area contributed by atoms with Crippen LogP contribution in [0.4, 0.5) is 0 Å². The van der Waals surface area contributed by atoms with E-state index in [0.717, 1.165) is 95.0 Å². The molecule has 6 heteroatoms. The molecule has 9 aromatic carbocycles. The van der Waals surface area contributed by atoms with Gasteiger partial charge in [0.05, 0.1) is 33.4 Å². The lowest BCUT2D eigenvalue weighted by Gasteiger charge is -2.16. The van der Waals surface area contributed by atoms with Gasteiger partial charge in [0.15, 0.2) is 11.6 Å². The van der Waals surface area contributed by atoms with Gasteiger partial charge in [-0.1, -0.05) is 152 Å². The molecule has 0 fully saturated rings. The number of rotatable bonds is 6. The molecule has 0 amide bonds. The van der Waals surface area contributed by atoms with Crippen LogP contribution >= 0.6 is 0 Å². The molecule has 6 nitrogen and oxygen atoms in total. The Morgan fingerprint density at radius 1 is 0.306 bits per heavy atom. The molecule has 0 saturated carbocycles.